The molecule has 1 aliphatic rings. The lowest BCUT2D eigenvalue weighted by Gasteiger charge is -2.19. The highest BCUT2D eigenvalue weighted by atomic mass is 19.1. The van der Waals surface area contributed by atoms with Crippen molar-refractivity contribution < 1.29 is 9.13 Å². The molecule has 1 aliphatic carbocycles. The summed E-state index contributed by atoms with van der Waals surface area (Å²) >= 11 is 0. The van der Waals surface area contributed by atoms with E-state index in [-0.39, 0.29) is 11.2 Å². The van der Waals surface area contributed by atoms with Gasteiger partial charge in [0.2, 0.25) is 0 Å². The summed E-state index contributed by atoms with van der Waals surface area (Å²) in [4.78, 5) is 4.30. The van der Waals surface area contributed by atoms with Gasteiger partial charge in [-0.2, -0.15) is 0 Å². The summed E-state index contributed by atoms with van der Waals surface area (Å²) in [5.74, 6) is 0.581. The van der Waals surface area contributed by atoms with E-state index in [1.807, 2.05) is 12.1 Å². The summed E-state index contributed by atoms with van der Waals surface area (Å²) in [7, 11) is 3.46. The van der Waals surface area contributed by atoms with E-state index in [4.69, 9.17) is 4.74 Å². The molecule has 0 aliphatic heterocycles. The quantitative estimate of drug-likeness (QED) is 0.591. The minimum atomic E-state index is -0.174. The maximum atomic E-state index is 13.5. The molecule has 26 heavy (non-hydrogen) atoms. The van der Waals surface area contributed by atoms with Gasteiger partial charge in [0.15, 0.2) is 5.96 Å². The van der Waals surface area contributed by atoms with Gasteiger partial charge in [-0.05, 0) is 41.7 Å². The van der Waals surface area contributed by atoms with E-state index in [1.54, 1.807) is 26.3 Å². The van der Waals surface area contributed by atoms with E-state index in [9.17, 15) is 4.39 Å². The van der Waals surface area contributed by atoms with E-state index >= 15 is 0 Å². The molecular formula is C21H26FN3O. The number of guanidine groups is 1. The van der Waals surface area contributed by atoms with Crippen LogP contribution in [0.25, 0.3) is 0 Å². The molecule has 138 valence electrons. The largest absolute Gasteiger partial charge is 0.380 e. The number of aliphatic imine (C=N–C) groups is 1. The summed E-state index contributed by atoms with van der Waals surface area (Å²) in [6.07, 6.45) is 2.14. The maximum absolute atomic E-state index is 13.5. The third kappa shape index (κ3) is 4.61. The predicted octanol–water partition coefficient (Wildman–Crippen LogP) is 3.37. The SMILES string of the molecule is CN=C(NCc1cccc(COC)c1)NCC1(c2cccc(F)c2)CC1. The van der Waals surface area contributed by atoms with Gasteiger partial charge in [0, 0.05) is 32.7 Å². The summed E-state index contributed by atoms with van der Waals surface area (Å²) in [5, 5.41) is 6.73. The zero-order valence-electron chi connectivity index (χ0n) is 15.4. The lowest BCUT2D eigenvalue weighted by molar-refractivity contribution is 0.185. The minimum Gasteiger partial charge on any atom is -0.380 e. The van der Waals surface area contributed by atoms with Crippen molar-refractivity contribution in [1.82, 2.24) is 10.6 Å². The van der Waals surface area contributed by atoms with Gasteiger partial charge in [0.25, 0.3) is 0 Å². The van der Waals surface area contributed by atoms with E-state index in [0.717, 1.165) is 36.5 Å². The molecule has 2 N–H and O–H groups in total. The Morgan fingerprint density at radius 3 is 2.58 bits per heavy atom. The molecule has 0 heterocycles. The van der Waals surface area contributed by atoms with Crippen molar-refractivity contribution in [3.8, 4) is 0 Å². The second-order valence-electron chi connectivity index (χ2n) is 6.82. The van der Waals surface area contributed by atoms with Gasteiger partial charge in [-0.1, -0.05) is 36.4 Å². The number of hydrogen-bond acceptors (Lipinski definition) is 2. The summed E-state index contributed by atoms with van der Waals surface area (Å²) in [6.45, 7) is 2.04. The number of hydrogen-bond donors (Lipinski definition) is 2. The van der Waals surface area contributed by atoms with Gasteiger partial charge in [-0.15, -0.1) is 0 Å². The highest BCUT2D eigenvalue weighted by Crippen LogP contribution is 2.47. The smallest absolute Gasteiger partial charge is 0.191 e. The molecule has 0 radical (unpaired) electrons. The van der Waals surface area contributed by atoms with Crippen LogP contribution < -0.4 is 10.6 Å². The van der Waals surface area contributed by atoms with Crippen LogP contribution in [0.1, 0.15) is 29.5 Å². The topological polar surface area (TPSA) is 45.7 Å². The highest BCUT2D eigenvalue weighted by molar-refractivity contribution is 5.79. The van der Waals surface area contributed by atoms with Crippen molar-refractivity contribution in [2.45, 2.75) is 31.4 Å². The molecular weight excluding hydrogens is 329 g/mol. The monoisotopic (exact) mass is 355 g/mol. The molecule has 1 fully saturated rings. The molecule has 0 atom stereocenters. The standard InChI is InChI=1S/C21H26FN3O/c1-23-20(24-13-16-5-3-6-17(11-16)14-26-2)25-15-21(9-10-21)18-7-4-8-19(22)12-18/h3-8,11-12H,9-10,13-15H2,1-2H3,(H2,23,24,25). The molecule has 1 saturated carbocycles. The lowest BCUT2D eigenvalue weighted by Crippen LogP contribution is -2.40. The van der Waals surface area contributed by atoms with E-state index in [2.05, 4.69) is 33.8 Å². The number of benzene rings is 2. The van der Waals surface area contributed by atoms with E-state index < -0.39 is 0 Å². The minimum absolute atomic E-state index is 0.0259. The number of nitrogens with one attached hydrogen (secondary N) is 2. The van der Waals surface area contributed by atoms with Gasteiger partial charge in [0.1, 0.15) is 5.82 Å². The fraction of sp³-hybridized carbons (Fsp3) is 0.381. The average molecular weight is 355 g/mol. The molecule has 3 rings (SSSR count). The number of halogens is 1. The Kier molecular flexibility index (Phi) is 5.89. The van der Waals surface area contributed by atoms with Crippen LogP contribution in [0.3, 0.4) is 0 Å². The van der Waals surface area contributed by atoms with Gasteiger partial charge in [-0.3, -0.25) is 4.99 Å². The molecule has 0 amide bonds. The van der Waals surface area contributed by atoms with Crippen LogP contribution in [0, 0.1) is 5.82 Å². The van der Waals surface area contributed by atoms with Crippen molar-refractivity contribution in [1.29, 1.82) is 0 Å². The molecule has 0 spiro atoms. The first-order valence-electron chi connectivity index (χ1n) is 8.92. The fourth-order valence-electron chi connectivity index (χ4n) is 3.19. The number of nitrogens with zero attached hydrogens (tertiary/aromatic N) is 1. The summed E-state index contributed by atoms with van der Waals surface area (Å²) in [6, 6.07) is 15.2. The summed E-state index contributed by atoms with van der Waals surface area (Å²) < 4.78 is 18.7. The number of methoxy groups -OCH3 is 1. The lowest BCUT2D eigenvalue weighted by atomic mass is 9.96. The van der Waals surface area contributed by atoms with Crippen LogP contribution in [-0.4, -0.2) is 26.7 Å². The molecule has 2 aromatic rings. The first-order valence-corrected chi connectivity index (χ1v) is 8.92. The van der Waals surface area contributed by atoms with Gasteiger partial charge >= 0.3 is 0 Å². The first kappa shape index (κ1) is 18.4. The number of ether oxygens (including phenoxy) is 1. The Labute approximate surface area is 154 Å². The highest BCUT2D eigenvalue weighted by Gasteiger charge is 2.44. The molecule has 0 unspecified atom stereocenters. The van der Waals surface area contributed by atoms with Crippen LogP contribution >= 0.6 is 0 Å². The normalized spacial score (nSPS) is 15.6. The second-order valence-corrected chi connectivity index (χ2v) is 6.82. The van der Waals surface area contributed by atoms with Crippen LogP contribution in [0.2, 0.25) is 0 Å². The van der Waals surface area contributed by atoms with Crippen molar-refractivity contribution in [2.24, 2.45) is 4.99 Å². The van der Waals surface area contributed by atoms with Crippen LogP contribution in [0.4, 0.5) is 4.39 Å². The first-order chi connectivity index (χ1) is 12.6. The molecule has 0 saturated heterocycles. The molecule has 2 aromatic carbocycles. The molecule has 5 heteroatoms. The Morgan fingerprint density at radius 1 is 1.12 bits per heavy atom. The van der Waals surface area contributed by atoms with Crippen molar-refractivity contribution in [3.63, 3.8) is 0 Å². The van der Waals surface area contributed by atoms with Crippen LogP contribution in [0.5, 0.6) is 0 Å². The van der Waals surface area contributed by atoms with E-state index in [0.29, 0.717) is 13.2 Å². The molecule has 0 aromatic heterocycles. The third-order valence-electron chi connectivity index (χ3n) is 4.87. The molecule has 0 bridgehead atoms. The predicted molar refractivity (Wildman–Crippen MR) is 103 cm³/mol. The Balaban J connectivity index is 1.55. The maximum Gasteiger partial charge on any atom is 0.191 e. The molecule has 4 nitrogen and oxygen atoms in total. The summed E-state index contributed by atoms with van der Waals surface area (Å²) in [5.41, 5.74) is 3.41. The number of rotatable bonds is 7. The third-order valence-corrected chi connectivity index (χ3v) is 4.87. The van der Waals surface area contributed by atoms with E-state index in [1.165, 1.54) is 11.6 Å². The van der Waals surface area contributed by atoms with Crippen LogP contribution in [0.15, 0.2) is 53.5 Å². The Hall–Kier alpha value is -2.40. The van der Waals surface area contributed by atoms with Gasteiger partial charge in [-0.25, -0.2) is 4.39 Å². The zero-order chi connectivity index (χ0) is 18.4. The van der Waals surface area contributed by atoms with Crippen LogP contribution in [-0.2, 0) is 23.3 Å². The Bertz CT molecular complexity index is 771. The van der Waals surface area contributed by atoms with Gasteiger partial charge < -0.3 is 15.4 Å². The average Bonchev–Trinajstić information content (AvgIpc) is 3.44. The van der Waals surface area contributed by atoms with Crippen molar-refractivity contribution in [2.75, 3.05) is 20.7 Å². The van der Waals surface area contributed by atoms with Gasteiger partial charge in [0.05, 0.1) is 6.61 Å². The van der Waals surface area contributed by atoms with Crippen molar-refractivity contribution >= 4 is 5.96 Å². The second kappa shape index (κ2) is 8.32. The van der Waals surface area contributed by atoms with Crippen molar-refractivity contribution in [3.05, 3.63) is 71.0 Å². The Morgan fingerprint density at radius 2 is 1.88 bits per heavy atom. The zero-order valence-corrected chi connectivity index (χ0v) is 15.4. The fourth-order valence-corrected chi connectivity index (χ4v) is 3.19.